The summed E-state index contributed by atoms with van der Waals surface area (Å²) < 4.78 is 19.7. The van der Waals surface area contributed by atoms with Gasteiger partial charge in [-0.3, -0.25) is 4.79 Å². The lowest BCUT2D eigenvalue weighted by Gasteiger charge is -2.23. The number of hydrogen-bond donors (Lipinski definition) is 1. The molecule has 0 aliphatic carbocycles. The molecule has 1 amide bonds. The number of aromatic nitrogens is 1. The van der Waals surface area contributed by atoms with Crippen molar-refractivity contribution in [3.05, 3.63) is 46.5 Å². The molecule has 2 aromatic heterocycles. The minimum Gasteiger partial charge on any atom is -0.371 e. The lowest BCUT2D eigenvalue weighted by Crippen LogP contribution is -2.36. The number of nitrogens with one attached hydrogen (secondary N) is 1. The van der Waals surface area contributed by atoms with E-state index in [2.05, 4.69) is 10.3 Å². The Morgan fingerprint density at radius 1 is 1.50 bits per heavy atom. The van der Waals surface area contributed by atoms with Gasteiger partial charge in [-0.2, -0.15) is 11.3 Å². The van der Waals surface area contributed by atoms with E-state index >= 15 is 0 Å². The minimum atomic E-state index is -0.362. The van der Waals surface area contributed by atoms with Crippen LogP contribution in [0.2, 0.25) is 0 Å². The van der Waals surface area contributed by atoms with E-state index in [1.54, 1.807) is 12.3 Å². The maximum atomic E-state index is 13.7. The standard InChI is InChI=1S/C17H18FN3O2S/c18-14-2-1-5-19-15(14)20-13-8-17(23-9-13)4-6-21(11-17)16(22)12-3-7-24-10-12/h1-3,5,7,10,13H,4,6,8-9,11H2,(H,19,20)/t13-,17-/m0/s1. The smallest absolute Gasteiger partial charge is 0.254 e. The second kappa shape index (κ2) is 6.14. The monoisotopic (exact) mass is 347 g/mol. The SMILES string of the molecule is O=C(c1ccsc1)N1CC[C@]2(C[C@H](Nc3ncccc3F)CO2)C1. The topological polar surface area (TPSA) is 54.5 Å². The molecule has 0 unspecified atom stereocenters. The molecular formula is C17H18FN3O2S. The number of carbonyl (C=O) groups excluding carboxylic acids is 1. The Kier molecular flexibility index (Phi) is 3.97. The number of likely N-dealkylation sites (tertiary alicyclic amines) is 1. The van der Waals surface area contributed by atoms with E-state index in [0.717, 1.165) is 18.4 Å². The van der Waals surface area contributed by atoms with E-state index in [4.69, 9.17) is 4.74 Å². The lowest BCUT2D eigenvalue weighted by molar-refractivity contribution is 0.0125. The molecule has 24 heavy (non-hydrogen) atoms. The third-order valence-electron chi connectivity index (χ3n) is 4.68. The van der Waals surface area contributed by atoms with Crippen LogP contribution in [0.5, 0.6) is 0 Å². The van der Waals surface area contributed by atoms with Gasteiger partial charge in [-0.25, -0.2) is 9.37 Å². The highest BCUT2D eigenvalue weighted by atomic mass is 32.1. The number of nitrogens with zero attached hydrogens (tertiary/aromatic N) is 2. The van der Waals surface area contributed by atoms with Gasteiger partial charge in [0.25, 0.3) is 5.91 Å². The molecule has 0 radical (unpaired) electrons. The lowest BCUT2D eigenvalue weighted by atomic mass is 9.97. The summed E-state index contributed by atoms with van der Waals surface area (Å²) in [5, 5.41) is 6.90. The number of hydrogen-bond acceptors (Lipinski definition) is 5. The van der Waals surface area contributed by atoms with Crippen LogP contribution in [-0.4, -0.2) is 47.1 Å². The number of amides is 1. The molecule has 2 aliphatic heterocycles. The van der Waals surface area contributed by atoms with Crippen molar-refractivity contribution in [3.63, 3.8) is 0 Å². The summed E-state index contributed by atoms with van der Waals surface area (Å²) in [4.78, 5) is 18.3. The van der Waals surface area contributed by atoms with E-state index in [1.807, 2.05) is 21.7 Å². The largest absolute Gasteiger partial charge is 0.371 e. The van der Waals surface area contributed by atoms with Gasteiger partial charge in [-0.1, -0.05) is 0 Å². The second-order valence-corrected chi connectivity index (χ2v) is 7.14. The Hall–Kier alpha value is -1.99. The molecule has 2 aromatic rings. The molecule has 2 fully saturated rings. The van der Waals surface area contributed by atoms with Crippen molar-refractivity contribution < 1.29 is 13.9 Å². The van der Waals surface area contributed by atoms with E-state index in [0.29, 0.717) is 19.7 Å². The number of anilines is 1. The highest BCUT2D eigenvalue weighted by Crippen LogP contribution is 2.36. The first-order valence-electron chi connectivity index (χ1n) is 7.98. The Labute approximate surface area is 143 Å². The van der Waals surface area contributed by atoms with Crippen LogP contribution >= 0.6 is 11.3 Å². The van der Waals surface area contributed by atoms with E-state index < -0.39 is 0 Å². The first-order valence-corrected chi connectivity index (χ1v) is 8.92. The van der Waals surface area contributed by atoms with Crippen molar-refractivity contribution in [1.82, 2.24) is 9.88 Å². The van der Waals surface area contributed by atoms with Gasteiger partial charge in [0, 0.05) is 24.5 Å². The third-order valence-corrected chi connectivity index (χ3v) is 5.36. The zero-order valence-electron chi connectivity index (χ0n) is 13.1. The van der Waals surface area contributed by atoms with Crippen molar-refractivity contribution in [3.8, 4) is 0 Å². The molecule has 2 atom stereocenters. The fourth-order valence-corrected chi connectivity index (χ4v) is 4.12. The number of halogens is 1. The summed E-state index contributed by atoms with van der Waals surface area (Å²) in [7, 11) is 0. The van der Waals surface area contributed by atoms with Gasteiger partial charge in [-0.15, -0.1) is 0 Å². The van der Waals surface area contributed by atoms with Crippen LogP contribution in [0.3, 0.4) is 0 Å². The highest BCUT2D eigenvalue weighted by Gasteiger charge is 2.47. The first kappa shape index (κ1) is 15.5. The maximum absolute atomic E-state index is 13.7. The van der Waals surface area contributed by atoms with Crippen molar-refractivity contribution in [2.24, 2.45) is 0 Å². The predicted molar refractivity (Wildman–Crippen MR) is 89.7 cm³/mol. The summed E-state index contributed by atoms with van der Waals surface area (Å²) in [6.45, 7) is 1.78. The molecule has 1 N–H and O–H groups in total. The Balaban J connectivity index is 1.40. The van der Waals surface area contributed by atoms with Crippen LogP contribution in [-0.2, 0) is 4.74 Å². The van der Waals surface area contributed by atoms with Crippen molar-refractivity contribution in [1.29, 1.82) is 0 Å². The Morgan fingerprint density at radius 3 is 3.21 bits per heavy atom. The van der Waals surface area contributed by atoms with Gasteiger partial charge in [0.2, 0.25) is 0 Å². The molecule has 0 bridgehead atoms. The molecule has 2 saturated heterocycles. The molecule has 4 rings (SSSR count). The molecular weight excluding hydrogens is 329 g/mol. The molecule has 126 valence electrons. The van der Waals surface area contributed by atoms with Gasteiger partial charge in [0.05, 0.1) is 30.4 Å². The van der Waals surface area contributed by atoms with Gasteiger partial charge in [0.1, 0.15) is 0 Å². The van der Waals surface area contributed by atoms with Crippen LogP contribution < -0.4 is 5.32 Å². The van der Waals surface area contributed by atoms with E-state index in [1.165, 1.54) is 17.4 Å². The van der Waals surface area contributed by atoms with Gasteiger partial charge in [0.15, 0.2) is 11.6 Å². The Morgan fingerprint density at radius 2 is 2.42 bits per heavy atom. The number of rotatable bonds is 3. The minimum absolute atomic E-state index is 0.00518. The average Bonchev–Trinajstić information content (AvgIpc) is 3.32. The van der Waals surface area contributed by atoms with Crippen LogP contribution in [0.25, 0.3) is 0 Å². The van der Waals surface area contributed by atoms with Gasteiger partial charge >= 0.3 is 0 Å². The molecule has 0 saturated carbocycles. The van der Waals surface area contributed by atoms with Crippen LogP contribution in [0, 0.1) is 5.82 Å². The number of ether oxygens (including phenoxy) is 1. The molecule has 0 aromatic carbocycles. The molecule has 2 aliphatic rings. The zero-order valence-corrected chi connectivity index (χ0v) is 13.9. The average molecular weight is 347 g/mol. The van der Waals surface area contributed by atoms with Crippen LogP contribution in [0.15, 0.2) is 35.2 Å². The van der Waals surface area contributed by atoms with Crippen LogP contribution in [0.4, 0.5) is 10.2 Å². The fourth-order valence-electron chi connectivity index (χ4n) is 3.49. The maximum Gasteiger partial charge on any atom is 0.254 e. The summed E-state index contributed by atoms with van der Waals surface area (Å²) in [6, 6.07) is 4.81. The summed E-state index contributed by atoms with van der Waals surface area (Å²) in [5.41, 5.74) is 0.412. The zero-order chi connectivity index (χ0) is 16.6. The van der Waals surface area contributed by atoms with E-state index in [9.17, 15) is 9.18 Å². The van der Waals surface area contributed by atoms with Gasteiger partial charge in [-0.05, 0) is 30.0 Å². The second-order valence-electron chi connectivity index (χ2n) is 6.36. The van der Waals surface area contributed by atoms with E-state index in [-0.39, 0.29) is 29.2 Å². The Bertz CT molecular complexity index is 739. The predicted octanol–water partition coefficient (Wildman–Crippen LogP) is 2.77. The number of thiophene rings is 1. The summed E-state index contributed by atoms with van der Waals surface area (Å²) >= 11 is 1.52. The normalized spacial score (nSPS) is 26.2. The highest BCUT2D eigenvalue weighted by molar-refractivity contribution is 7.08. The quantitative estimate of drug-likeness (QED) is 0.928. The summed E-state index contributed by atoms with van der Waals surface area (Å²) in [5.74, 6) is -0.0459. The van der Waals surface area contributed by atoms with Crippen molar-refractivity contribution in [2.45, 2.75) is 24.5 Å². The molecule has 5 nitrogen and oxygen atoms in total. The fraction of sp³-hybridized carbons (Fsp3) is 0.412. The first-order chi connectivity index (χ1) is 11.7. The van der Waals surface area contributed by atoms with Gasteiger partial charge < -0.3 is 15.0 Å². The molecule has 1 spiro atoms. The number of pyridine rings is 1. The molecule has 4 heterocycles. The summed E-state index contributed by atoms with van der Waals surface area (Å²) in [6.07, 6.45) is 3.12. The van der Waals surface area contributed by atoms with Crippen molar-refractivity contribution in [2.75, 3.05) is 25.0 Å². The third kappa shape index (κ3) is 2.89. The van der Waals surface area contributed by atoms with Crippen molar-refractivity contribution >= 4 is 23.1 Å². The number of carbonyl (C=O) groups is 1. The molecule has 7 heteroatoms. The van der Waals surface area contributed by atoms with Crippen LogP contribution in [0.1, 0.15) is 23.2 Å².